The zero-order chi connectivity index (χ0) is 19.7. The maximum atomic E-state index is 12.5. The first-order valence-corrected chi connectivity index (χ1v) is 9.58. The fourth-order valence-electron chi connectivity index (χ4n) is 3.34. The van der Waals surface area contributed by atoms with Crippen LogP contribution >= 0.6 is 0 Å². The van der Waals surface area contributed by atoms with Gasteiger partial charge in [0.15, 0.2) is 0 Å². The summed E-state index contributed by atoms with van der Waals surface area (Å²) in [5.74, 6) is 1.46. The second-order valence-corrected chi connectivity index (χ2v) is 7.16. The molecule has 1 amide bonds. The van der Waals surface area contributed by atoms with Crippen molar-refractivity contribution < 1.29 is 4.79 Å². The van der Waals surface area contributed by atoms with E-state index in [0.29, 0.717) is 18.6 Å². The minimum atomic E-state index is -0.129. The molecule has 0 fully saturated rings. The van der Waals surface area contributed by atoms with Gasteiger partial charge in [-0.3, -0.25) is 9.20 Å². The van der Waals surface area contributed by atoms with Crippen LogP contribution in [-0.4, -0.2) is 30.2 Å². The third-order valence-corrected chi connectivity index (χ3v) is 5.09. The van der Waals surface area contributed by atoms with Crippen molar-refractivity contribution in [3.63, 3.8) is 0 Å². The third kappa shape index (κ3) is 3.60. The van der Waals surface area contributed by atoms with E-state index >= 15 is 0 Å². The van der Waals surface area contributed by atoms with E-state index in [1.54, 1.807) is 6.20 Å². The monoisotopic (exact) mass is 376 g/mol. The number of hydrogen-bond acceptors (Lipinski definition) is 4. The summed E-state index contributed by atoms with van der Waals surface area (Å²) in [6.07, 6.45) is 7.24. The third-order valence-electron chi connectivity index (χ3n) is 5.09. The smallest absolute Gasteiger partial charge is 0.233 e. The van der Waals surface area contributed by atoms with Crippen LogP contribution in [0.1, 0.15) is 48.5 Å². The van der Waals surface area contributed by atoms with Gasteiger partial charge in [-0.2, -0.15) is 0 Å². The first kappa shape index (κ1) is 18.2. The highest BCUT2D eigenvalue weighted by atomic mass is 16.1. The minimum Gasteiger partial charge on any atom is -0.348 e. The van der Waals surface area contributed by atoms with Crippen molar-refractivity contribution in [3.05, 3.63) is 59.4 Å². The van der Waals surface area contributed by atoms with Crippen LogP contribution in [-0.2, 0) is 11.2 Å². The summed E-state index contributed by atoms with van der Waals surface area (Å²) in [6.45, 7) is 6.20. The predicted octanol–water partition coefficient (Wildman–Crippen LogP) is 3.42. The number of aromatic amines is 1. The predicted molar refractivity (Wildman–Crippen MR) is 108 cm³/mol. The van der Waals surface area contributed by atoms with Crippen molar-refractivity contribution in [1.82, 2.24) is 29.7 Å². The molecule has 7 heteroatoms. The van der Waals surface area contributed by atoms with Gasteiger partial charge in [-0.25, -0.2) is 15.0 Å². The van der Waals surface area contributed by atoms with Gasteiger partial charge in [-0.05, 0) is 49.6 Å². The average molecular weight is 376 g/mol. The van der Waals surface area contributed by atoms with Gasteiger partial charge < -0.3 is 10.3 Å². The molecule has 0 saturated heterocycles. The van der Waals surface area contributed by atoms with Crippen molar-refractivity contribution >= 4 is 22.7 Å². The van der Waals surface area contributed by atoms with E-state index in [4.69, 9.17) is 0 Å². The Balaban J connectivity index is 1.41. The number of H-pyrrole nitrogens is 1. The summed E-state index contributed by atoms with van der Waals surface area (Å²) < 4.78 is 1.86. The molecule has 144 valence electrons. The largest absolute Gasteiger partial charge is 0.348 e. The first-order valence-electron chi connectivity index (χ1n) is 9.58. The van der Waals surface area contributed by atoms with Gasteiger partial charge >= 0.3 is 0 Å². The highest BCUT2D eigenvalue weighted by molar-refractivity contribution is 5.78. The quantitative estimate of drug-likeness (QED) is 0.540. The minimum absolute atomic E-state index is 0.00955. The molecular weight excluding hydrogens is 352 g/mol. The van der Waals surface area contributed by atoms with Crippen molar-refractivity contribution in [2.45, 2.75) is 46.1 Å². The molecule has 28 heavy (non-hydrogen) atoms. The summed E-state index contributed by atoms with van der Waals surface area (Å²) in [7, 11) is 0. The number of carbonyl (C=O) groups excluding carboxylic acids is 1. The number of benzene rings is 1. The number of hydrogen-bond donors (Lipinski definition) is 2. The van der Waals surface area contributed by atoms with E-state index in [1.165, 1.54) is 11.1 Å². The fraction of sp³-hybridized carbons (Fsp3) is 0.333. The number of carbonyl (C=O) groups is 1. The van der Waals surface area contributed by atoms with Crippen LogP contribution < -0.4 is 5.32 Å². The Bertz CT molecular complexity index is 1070. The molecule has 2 N–H and O–H groups in total. The number of imidazole rings is 2. The first-order chi connectivity index (χ1) is 13.5. The molecule has 0 bridgehead atoms. The van der Waals surface area contributed by atoms with Gasteiger partial charge in [0.25, 0.3) is 0 Å². The SMILES string of the molecule is CC[C@H](NC(=O)CCc1nc2cc(C)c(C)cc2[nH]1)c1cn2cccnc2n1. The number of aryl methyl sites for hydroxylation is 3. The molecule has 0 aliphatic heterocycles. The Morgan fingerprint density at radius 1 is 1.25 bits per heavy atom. The molecule has 7 nitrogen and oxygen atoms in total. The number of fused-ring (bicyclic) bond motifs is 2. The zero-order valence-corrected chi connectivity index (χ0v) is 16.4. The zero-order valence-electron chi connectivity index (χ0n) is 16.4. The van der Waals surface area contributed by atoms with E-state index in [9.17, 15) is 4.79 Å². The van der Waals surface area contributed by atoms with Crippen molar-refractivity contribution in [2.24, 2.45) is 0 Å². The summed E-state index contributed by atoms with van der Waals surface area (Å²) in [6, 6.07) is 5.91. The lowest BCUT2D eigenvalue weighted by molar-refractivity contribution is -0.121. The fourth-order valence-corrected chi connectivity index (χ4v) is 3.34. The van der Waals surface area contributed by atoms with Crippen molar-refractivity contribution in [2.75, 3.05) is 0 Å². The van der Waals surface area contributed by atoms with Gasteiger partial charge in [0.1, 0.15) is 5.82 Å². The van der Waals surface area contributed by atoms with Crippen molar-refractivity contribution in [3.8, 4) is 0 Å². The molecule has 4 rings (SSSR count). The second-order valence-electron chi connectivity index (χ2n) is 7.16. The Kier molecular flexibility index (Phi) is 4.81. The van der Waals surface area contributed by atoms with Crippen molar-refractivity contribution in [1.29, 1.82) is 0 Å². The second kappa shape index (κ2) is 7.42. The molecule has 0 aliphatic rings. The van der Waals surface area contributed by atoms with E-state index < -0.39 is 0 Å². The van der Waals surface area contributed by atoms with E-state index in [0.717, 1.165) is 29.0 Å². The Labute approximate surface area is 163 Å². The topological polar surface area (TPSA) is 88.0 Å². The molecule has 0 spiro atoms. The molecule has 3 heterocycles. The molecule has 0 unspecified atom stereocenters. The van der Waals surface area contributed by atoms with Crippen LogP contribution in [0.4, 0.5) is 0 Å². The lowest BCUT2D eigenvalue weighted by Crippen LogP contribution is -2.28. The van der Waals surface area contributed by atoms with Crippen LogP contribution in [0.5, 0.6) is 0 Å². The number of nitrogens with one attached hydrogen (secondary N) is 2. The number of aromatic nitrogens is 5. The molecule has 1 atom stereocenters. The summed E-state index contributed by atoms with van der Waals surface area (Å²) in [4.78, 5) is 29.2. The van der Waals surface area contributed by atoms with E-state index in [1.807, 2.05) is 29.8 Å². The maximum absolute atomic E-state index is 12.5. The lowest BCUT2D eigenvalue weighted by atomic mass is 10.1. The molecule has 0 aliphatic carbocycles. The molecule has 0 saturated carbocycles. The van der Waals surface area contributed by atoms with Gasteiger partial charge in [0, 0.05) is 31.4 Å². The Morgan fingerprint density at radius 3 is 2.86 bits per heavy atom. The summed E-state index contributed by atoms with van der Waals surface area (Å²) in [5.41, 5.74) is 5.23. The standard InChI is InChI=1S/C21H24N6O/c1-4-15(18-12-27-9-5-8-22-21(27)26-18)25-20(28)7-6-19-23-16-10-13(2)14(3)11-17(16)24-19/h5,8-12,15H,4,6-7H2,1-3H3,(H,23,24)(H,25,28)/t15-/m0/s1. The highest BCUT2D eigenvalue weighted by Gasteiger charge is 2.17. The summed E-state index contributed by atoms with van der Waals surface area (Å²) in [5, 5.41) is 3.08. The molecule has 4 aromatic rings. The van der Waals surface area contributed by atoms with Crippen LogP contribution in [0.3, 0.4) is 0 Å². The van der Waals surface area contributed by atoms with Gasteiger partial charge in [0.05, 0.1) is 22.8 Å². The van der Waals surface area contributed by atoms with E-state index in [2.05, 4.69) is 51.2 Å². The summed E-state index contributed by atoms with van der Waals surface area (Å²) >= 11 is 0. The van der Waals surface area contributed by atoms with Gasteiger partial charge in [0.2, 0.25) is 11.7 Å². The Morgan fingerprint density at radius 2 is 2.07 bits per heavy atom. The van der Waals surface area contributed by atoms with Crippen LogP contribution in [0.2, 0.25) is 0 Å². The van der Waals surface area contributed by atoms with Crippen LogP contribution in [0.25, 0.3) is 16.8 Å². The molecule has 3 aromatic heterocycles. The number of rotatable bonds is 6. The normalized spacial score (nSPS) is 12.5. The van der Waals surface area contributed by atoms with E-state index in [-0.39, 0.29) is 11.9 Å². The van der Waals surface area contributed by atoms with Gasteiger partial charge in [-0.15, -0.1) is 0 Å². The van der Waals surface area contributed by atoms with Crippen LogP contribution in [0, 0.1) is 13.8 Å². The number of amides is 1. The molecule has 1 aromatic carbocycles. The lowest BCUT2D eigenvalue weighted by Gasteiger charge is -2.14. The van der Waals surface area contributed by atoms with Gasteiger partial charge in [-0.1, -0.05) is 6.92 Å². The molecule has 0 radical (unpaired) electrons. The average Bonchev–Trinajstić information content (AvgIpc) is 3.28. The molecular formula is C21H24N6O. The Hall–Kier alpha value is -3.22. The van der Waals surface area contributed by atoms with Crippen LogP contribution in [0.15, 0.2) is 36.8 Å². The highest BCUT2D eigenvalue weighted by Crippen LogP contribution is 2.19. The number of nitrogens with zero attached hydrogens (tertiary/aromatic N) is 4. The maximum Gasteiger partial charge on any atom is 0.233 e.